The van der Waals surface area contributed by atoms with Crippen molar-refractivity contribution < 1.29 is 184 Å². The second kappa shape index (κ2) is 54.4. The van der Waals surface area contributed by atoms with Crippen LogP contribution in [0.4, 0.5) is 9.59 Å². The number of hydrogen-bond acceptors (Lipinski definition) is 24. The van der Waals surface area contributed by atoms with Crippen molar-refractivity contribution in [3.63, 3.8) is 0 Å². The molecule has 0 aliphatic heterocycles. The van der Waals surface area contributed by atoms with Crippen LogP contribution in [-0.2, 0) is 60.0 Å². The number of rotatable bonds is 27. The molecule has 2 unspecified atom stereocenters. The minimum atomic E-state index is -5.30. The van der Waals surface area contributed by atoms with Gasteiger partial charge in [0.15, 0.2) is 0 Å². The molecule has 0 aromatic heterocycles. The van der Waals surface area contributed by atoms with Crippen LogP contribution in [0.25, 0.3) is 0 Å². The first-order chi connectivity index (χ1) is 38.0. The molecule has 0 radical (unpaired) electrons. The Bertz CT molecular complexity index is 2150. The summed E-state index contributed by atoms with van der Waals surface area (Å²) in [7, 11) is -37.7. The number of phosphoric ester groups is 2. The Hall–Kier alpha value is -2.29. The van der Waals surface area contributed by atoms with Crippen molar-refractivity contribution in [2.24, 2.45) is 40.1 Å². The summed E-state index contributed by atoms with van der Waals surface area (Å²) < 4.78 is 88.9. The highest BCUT2D eigenvalue weighted by atomic mass is 31.2. The maximum absolute atomic E-state index is 10.7. The number of phosphoric acid groups is 2. The molecule has 0 aliphatic rings. The Morgan fingerprint density at radius 3 is 1.02 bits per heavy atom. The lowest BCUT2D eigenvalue weighted by atomic mass is 10.1. The highest BCUT2D eigenvalue weighted by Crippen LogP contribution is 2.69. The average molecular weight is 1440 g/mol. The summed E-state index contributed by atoms with van der Waals surface area (Å²) in [6.45, 7) is 6.09. The molecule has 0 spiro atoms. The van der Waals surface area contributed by atoms with Gasteiger partial charge in [-0.3, -0.25) is 50.8 Å². The summed E-state index contributed by atoms with van der Waals surface area (Å²) in [4.78, 5) is 180. The molecule has 0 bridgehead atoms. The number of carbonyl (C=O) groups is 5. The van der Waals surface area contributed by atoms with E-state index in [9.17, 15) is 65.6 Å². The van der Waals surface area contributed by atoms with Crippen molar-refractivity contribution in [2.45, 2.75) is 107 Å². The number of aliphatic hydroxyl groups is 2. The first-order valence-corrected chi connectivity index (χ1v) is 35.8. The number of carboxylic acids is 3. The standard InChI is InChI=1S/C8H17NO2.C4H13NO7P2.C4H9NO2.C3H8NO6P.C3H7NO2.C2H8NO4P.C2H8NO3P.C2H5NO2.C2H8O7P2.CH6NO3P/c1-2-3-4-5-6-7-9-8(10)11;5-3-1-2-4(6,13(7,8)9)14(10,11)12;1-2-3-5-4(6)7;4-2(3(5)6)1-10-11(7,8)9;4-2-1-3(5)6;3-1-2-7-8(4,5)6;1-2(3)7(4,5)6;3-1-2(4)5;1-2(3,10(4,5)6)11(7,8)9;2-1-6(3,4)5/h9H,2-7H2,1H3,(H,10,11);6H,1-3,5H2,(H2,7,8,9)(H2,10,11,12);5H,2-3H2,1H3,(H,6,7);2H,1,4H2,(H,5,6)(H2,7,8,9);1-2,4H2,(H,5,6);1-3H2,(H2,4,5,6);2H,3H2,1H3,(H2,4,5,6);1,3H2,(H,4,5);3H,1H3,(H2,4,5,6)(H2,7,8,9);1-2H2,(H2,3,4,5). The molecule has 0 aromatic carbocycles. The van der Waals surface area contributed by atoms with Crippen LogP contribution < -0.4 is 50.8 Å². The van der Waals surface area contributed by atoms with Crippen LogP contribution in [-0.4, -0.2) is 225 Å². The van der Waals surface area contributed by atoms with Crippen molar-refractivity contribution in [3.05, 3.63) is 0 Å². The first-order valence-electron chi connectivity index (χ1n) is 22.8. The van der Waals surface area contributed by atoms with Crippen LogP contribution in [0.1, 0.15) is 85.5 Å². The number of amides is 2. The lowest BCUT2D eigenvalue weighted by Crippen LogP contribution is -2.34. The van der Waals surface area contributed by atoms with Gasteiger partial charge in [-0.25, -0.2) is 18.7 Å². The number of unbranched alkanes of at least 4 members (excludes halogenated alkanes) is 4. The highest BCUT2D eigenvalue weighted by Gasteiger charge is 2.58. The second-order valence-corrected chi connectivity index (χ2v) is 29.7. The lowest BCUT2D eigenvalue weighted by Gasteiger charge is -2.28. The van der Waals surface area contributed by atoms with Crippen LogP contribution in [0.15, 0.2) is 0 Å². The Morgan fingerprint density at radius 1 is 0.512 bits per heavy atom. The molecule has 55 heteroatoms. The van der Waals surface area contributed by atoms with E-state index >= 15 is 0 Å². The van der Waals surface area contributed by atoms with Crippen LogP contribution in [0.2, 0.25) is 0 Å². The molecule has 526 valence electrons. The Morgan fingerprint density at radius 2 is 0.860 bits per heavy atom. The van der Waals surface area contributed by atoms with Gasteiger partial charge in [-0.1, -0.05) is 39.5 Å². The van der Waals surface area contributed by atoms with Gasteiger partial charge in [0.05, 0.1) is 32.5 Å². The van der Waals surface area contributed by atoms with Crippen LogP contribution in [0.3, 0.4) is 0 Å². The fourth-order valence-electron chi connectivity index (χ4n) is 2.67. The maximum atomic E-state index is 10.7. The predicted octanol–water partition coefficient (Wildman–Crippen LogP) is -4.82. The highest BCUT2D eigenvalue weighted by molar-refractivity contribution is 7.72. The minimum Gasteiger partial charge on any atom is -0.481 e. The zero-order valence-electron chi connectivity index (χ0n) is 46.4. The molecule has 39 N–H and O–H groups in total. The second-order valence-electron chi connectivity index (χ2n) is 15.2. The van der Waals surface area contributed by atoms with E-state index < -0.39 is 133 Å². The summed E-state index contributed by atoms with van der Waals surface area (Å²) in [6, 6.07) is -1.41. The topological polar surface area (TPSA) is 912 Å². The largest absolute Gasteiger partial charge is 0.481 e. The number of carboxylic acid groups (broad SMARTS) is 5. The molecule has 47 nitrogen and oxygen atoms in total. The molecule has 0 rings (SSSR count). The van der Waals surface area contributed by atoms with Gasteiger partial charge in [0.1, 0.15) is 11.8 Å². The molecule has 86 heavy (non-hydrogen) atoms. The van der Waals surface area contributed by atoms with Gasteiger partial charge in [-0.05, 0) is 39.7 Å². The SMILES string of the molecule is CC(N)P(=O)(O)O.CC(O)(P(=O)(O)O)P(=O)(O)O.CCCCCCCNC(=O)O.CCCNC(=O)O.NC(COP(=O)(O)O)C(=O)O.NCC(=O)O.NCCC(=O)O.NCCCC(O)(P(=O)(O)O)P(=O)(O)O.NCCOP(=O)(O)O.NCP(=O)(O)O. The zero-order valence-corrected chi connectivity index (χ0v) is 53.6. The average Bonchev–Trinajstić information content (AvgIpc) is 3.31. The monoisotopic (exact) mass is 1440 g/mol. The molecule has 0 aromatic rings. The predicted molar refractivity (Wildman–Crippen MR) is 299 cm³/mol. The molecular formula is C31H89N9O38P8. The van der Waals surface area contributed by atoms with Gasteiger partial charge in [-0.2, -0.15) is 0 Å². The van der Waals surface area contributed by atoms with Gasteiger partial charge in [0.2, 0.25) is 0 Å². The molecule has 0 heterocycles. The molecule has 0 saturated carbocycles. The number of nitrogens with two attached hydrogens (primary N) is 7. The van der Waals surface area contributed by atoms with E-state index in [1.165, 1.54) is 26.2 Å². The number of hydrogen-bond donors (Lipinski definition) is 32. The third-order valence-corrected chi connectivity index (χ3v) is 17.4. The maximum Gasteiger partial charge on any atom is 0.469 e. The molecular weight excluding hydrogens is 1350 g/mol. The fraction of sp³-hybridized carbons (Fsp3) is 0.839. The minimum absolute atomic E-state index is 0.0394. The van der Waals surface area contributed by atoms with Crippen molar-refractivity contribution >= 4 is 91.3 Å². The van der Waals surface area contributed by atoms with E-state index in [1.54, 1.807) is 0 Å². The molecule has 0 fully saturated rings. The number of aliphatic carboxylic acids is 3. The Labute approximate surface area is 490 Å². The van der Waals surface area contributed by atoms with E-state index in [-0.39, 0.29) is 45.6 Å². The summed E-state index contributed by atoms with van der Waals surface area (Å²) in [5.41, 5.74) is 33.5. The van der Waals surface area contributed by atoms with Crippen molar-refractivity contribution in [2.75, 3.05) is 58.8 Å². The van der Waals surface area contributed by atoms with E-state index in [1.807, 2.05) is 6.92 Å². The molecule has 0 saturated heterocycles. The third kappa shape index (κ3) is 83.8. The van der Waals surface area contributed by atoms with E-state index in [4.69, 9.17) is 138 Å². The molecule has 2 atom stereocenters. The summed E-state index contributed by atoms with van der Waals surface area (Å²) in [6.07, 6.45) is 3.45. The quantitative estimate of drug-likeness (QED) is 0.0271. The summed E-state index contributed by atoms with van der Waals surface area (Å²) in [5, 5.41) is 55.5. The zero-order chi connectivity index (χ0) is 71.6. The van der Waals surface area contributed by atoms with Gasteiger partial charge in [0, 0.05) is 32.6 Å². The Balaban J connectivity index is -0.0000000947. The van der Waals surface area contributed by atoms with Crippen molar-refractivity contribution in [1.82, 2.24) is 10.6 Å². The normalized spacial score (nSPS) is 12.3. The van der Waals surface area contributed by atoms with Crippen molar-refractivity contribution in [3.8, 4) is 0 Å². The lowest BCUT2D eigenvalue weighted by molar-refractivity contribution is -0.139. The van der Waals surface area contributed by atoms with Gasteiger partial charge < -0.3 is 165 Å². The van der Waals surface area contributed by atoms with E-state index in [2.05, 4.69) is 38.1 Å². The molecule has 0 aliphatic carbocycles. The first kappa shape index (κ1) is 105. The summed E-state index contributed by atoms with van der Waals surface area (Å²) in [5.74, 6) is -4.21. The summed E-state index contributed by atoms with van der Waals surface area (Å²) >= 11 is 0. The smallest absolute Gasteiger partial charge is 0.469 e. The van der Waals surface area contributed by atoms with E-state index in [0.29, 0.717) is 20.0 Å². The third-order valence-electron chi connectivity index (χ3n) is 7.25. The van der Waals surface area contributed by atoms with E-state index in [0.717, 1.165) is 19.3 Å². The van der Waals surface area contributed by atoms with Gasteiger partial charge in [0.25, 0.3) is 10.2 Å². The van der Waals surface area contributed by atoms with Crippen LogP contribution in [0.5, 0.6) is 0 Å². The Kier molecular flexibility index (Phi) is 66.7. The molecule has 2 amide bonds. The fourth-order valence-corrected chi connectivity index (χ4v) is 6.98. The van der Waals surface area contributed by atoms with Crippen LogP contribution >= 0.6 is 61.2 Å². The number of nitrogens with one attached hydrogen (secondary N) is 2. The van der Waals surface area contributed by atoms with Crippen molar-refractivity contribution in [1.29, 1.82) is 0 Å². The van der Waals surface area contributed by atoms with Crippen LogP contribution in [0, 0.1) is 0 Å². The van der Waals surface area contributed by atoms with Gasteiger partial charge >= 0.3 is 91.3 Å². The van der Waals surface area contributed by atoms with Gasteiger partial charge in [-0.15, -0.1) is 0 Å².